The molecule has 0 spiro atoms. The van der Waals surface area contributed by atoms with Gasteiger partial charge in [-0.1, -0.05) is 0 Å². The number of hydrogen-bond donors (Lipinski definition) is 2. The molecule has 0 unspecified atom stereocenters. The lowest BCUT2D eigenvalue weighted by atomic mass is 10.1. The first-order chi connectivity index (χ1) is 9.70. The summed E-state index contributed by atoms with van der Waals surface area (Å²) in [6.07, 6.45) is 4.73. The number of amides is 1. The smallest absolute Gasteiger partial charge is 0.219 e. The van der Waals surface area contributed by atoms with Gasteiger partial charge in [0.1, 0.15) is 0 Å². The van der Waals surface area contributed by atoms with Crippen molar-refractivity contribution < 1.29 is 13.2 Å². The van der Waals surface area contributed by atoms with Gasteiger partial charge in [-0.3, -0.25) is 4.79 Å². The third-order valence-corrected chi connectivity index (χ3v) is 5.26. The molecule has 1 amide bonds. The number of hydrogen-bond acceptors (Lipinski definition) is 5. The number of nitrogens with two attached hydrogens (primary N) is 2. The molecule has 21 heavy (non-hydrogen) atoms. The van der Waals surface area contributed by atoms with E-state index >= 15 is 0 Å². The van der Waals surface area contributed by atoms with Gasteiger partial charge in [-0.15, -0.1) is 0 Å². The van der Waals surface area contributed by atoms with Crippen molar-refractivity contribution in [2.45, 2.75) is 44.7 Å². The number of likely N-dealkylation sites (tertiary alicyclic amines) is 1. The number of carbonyl (C=O) groups is 1. The molecular formula is C13H28N4O3S. The van der Waals surface area contributed by atoms with Crippen LogP contribution < -0.4 is 11.5 Å². The van der Waals surface area contributed by atoms with E-state index in [4.69, 9.17) is 11.5 Å². The van der Waals surface area contributed by atoms with Crippen molar-refractivity contribution in [3.63, 3.8) is 0 Å². The highest BCUT2D eigenvalue weighted by atomic mass is 32.2. The topological polar surface area (TPSA) is 110 Å². The van der Waals surface area contributed by atoms with Gasteiger partial charge in [0.05, 0.1) is 6.26 Å². The molecule has 7 nitrogen and oxygen atoms in total. The van der Waals surface area contributed by atoms with Crippen molar-refractivity contribution in [3.8, 4) is 0 Å². The molecule has 0 aliphatic carbocycles. The summed E-state index contributed by atoms with van der Waals surface area (Å²) in [5.74, 6) is 0.173. The Hall–Kier alpha value is -0.700. The van der Waals surface area contributed by atoms with Crippen LogP contribution in [0.5, 0.6) is 0 Å². The van der Waals surface area contributed by atoms with Crippen LogP contribution in [0.4, 0.5) is 0 Å². The molecule has 2 fully saturated rings. The van der Waals surface area contributed by atoms with Crippen molar-refractivity contribution in [1.82, 2.24) is 9.21 Å². The first-order valence-corrected chi connectivity index (χ1v) is 9.26. The van der Waals surface area contributed by atoms with Crippen LogP contribution in [0, 0.1) is 0 Å². The van der Waals surface area contributed by atoms with E-state index in [1.54, 1.807) is 6.92 Å². The minimum absolute atomic E-state index is 0.173. The van der Waals surface area contributed by atoms with Crippen LogP contribution in [-0.2, 0) is 14.8 Å². The van der Waals surface area contributed by atoms with Crippen LogP contribution in [0.1, 0.15) is 32.6 Å². The molecule has 0 atom stereocenters. The van der Waals surface area contributed by atoms with E-state index < -0.39 is 10.0 Å². The number of rotatable bonds is 1. The number of sulfonamides is 1. The quantitative estimate of drug-likeness (QED) is 0.665. The molecular weight excluding hydrogens is 292 g/mol. The van der Waals surface area contributed by atoms with Gasteiger partial charge >= 0.3 is 0 Å². The minimum Gasteiger partial charge on any atom is -0.343 e. The molecule has 8 heteroatoms. The summed E-state index contributed by atoms with van der Waals surface area (Å²) in [5.41, 5.74) is 11.3. The SMILES string of the molecule is CC(=O)N1CCC(N)CC1.CS(=O)(=O)N1CCC(N)CC1. The monoisotopic (exact) mass is 320 g/mol. The lowest BCUT2D eigenvalue weighted by Gasteiger charge is -2.28. The van der Waals surface area contributed by atoms with Crippen molar-refractivity contribution >= 4 is 15.9 Å². The third kappa shape index (κ3) is 6.73. The molecule has 2 aliphatic heterocycles. The standard InChI is InChI=1S/C7H14N2O.C6H14N2O2S/c1-6(10)9-4-2-7(8)3-5-9;1-11(9,10)8-4-2-6(7)3-5-8/h7H,2-5,8H2,1H3;6H,2-5,7H2,1H3. The van der Waals surface area contributed by atoms with Gasteiger partial charge in [0.25, 0.3) is 0 Å². The van der Waals surface area contributed by atoms with Crippen LogP contribution in [0.15, 0.2) is 0 Å². The zero-order valence-electron chi connectivity index (χ0n) is 13.0. The maximum atomic E-state index is 11.0. The molecule has 2 rings (SSSR count). The fourth-order valence-corrected chi connectivity index (χ4v) is 3.30. The predicted octanol–water partition coefficient (Wildman–Crippen LogP) is -0.675. The molecule has 0 aromatic heterocycles. The van der Waals surface area contributed by atoms with Gasteiger partial charge in [0.2, 0.25) is 15.9 Å². The normalized spacial score (nSPS) is 22.6. The van der Waals surface area contributed by atoms with Crippen molar-refractivity contribution in [1.29, 1.82) is 0 Å². The fourth-order valence-electron chi connectivity index (χ4n) is 2.42. The van der Waals surface area contributed by atoms with E-state index in [1.165, 1.54) is 10.6 Å². The van der Waals surface area contributed by atoms with Gasteiger partial charge in [-0.05, 0) is 25.7 Å². The van der Waals surface area contributed by atoms with E-state index in [2.05, 4.69) is 0 Å². The zero-order valence-corrected chi connectivity index (χ0v) is 13.8. The maximum Gasteiger partial charge on any atom is 0.219 e. The number of carbonyl (C=O) groups excluding carboxylic acids is 1. The van der Waals surface area contributed by atoms with Gasteiger partial charge in [0.15, 0.2) is 0 Å². The first-order valence-electron chi connectivity index (χ1n) is 7.42. The molecule has 2 aliphatic rings. The second-order valence-corrected chi connectivity index (χ2v) is 7.83. The number of piperidine rings is 2. The van der Waals surface area contributed by atoms with Gasteiger partial charge < -0.3 is 16.4 Å². The number of nitrogens with zero attached hydrogens (tertiary/aromatic N) is 2. The lowest BCUT2D eigenvalue weighted by Crippen LogP contribution is -2.42. The van der Waals surface area contributed by atoms with Crippen LogP contribution in [-0.4, -0.2) is 68.0 Å². The molecule has 0 aromatic carbocycles. The van der Waals surface area contributed by atoms with Crippen LogP contribution in [0.3, 0.4) is 0 Å². The summed E-state index contributed by atoms with van der Waals surface area (Å²) < 4.78 is 23.4. The Morgan fingerprint density at radius 2 is 1.33 bits per heavy atom. The van der Waals surface area contributed by atoms with E-state index in [-0.39, 0.29) is 11.9 Å². The summed E-state index contributed by atoms with van der Waals surface area (Å²) in [7, 11) is -2.97. The maximum absolute atomic E-state index is 11.0. The second-order valence-electron chi connectivity index (χ2n) is 5.84. The molecule has 0 aromatic rings. The van der Waals surface area contributed by atoms with Gasteiger partial charge in [-0.2, -0.15) is 0 Å². The highest BCUT2D eigenvalue weighted by molar-refractivity contribution is 7.88. The summed E-state index contributed by atoms with van der Waals surface area (Å²) in [5, 5.41) is 0. The Labute approximate surface area is 127 Å². The highest BCUT2D eigenvalue weighted by Gasteiger charge is 2.22. The highest BCUT2D eigenvalue weighted by Crippen LogP contribution is 2.10. The molecule has 4 N–H and O–H groups in total. The Morgan fingerprint density at radius 1 is 0.952 bits per heavy atom. The van der Waals surface area contributed by atoms with Crippen molar-refractivity contribution in [2.75, 3.05) is 32.4 Å². The average molecular weight is 320 g/mol. The first kappa shape index (κ1) is 18.3. The summed E-state index contributed by atoms with van der Waals surface area (Å²) in [4.78, 5) is 12.6. The summed E-state index contributed by atoms with van der Waals surface area (Å²) >= 11 is 0. The van der Waals surface area contributed by atoms with Crippen molar-refractivity contribution in [3.05, 3.63) is 0 Å². The van der Waals surface area contributed by atoms with E-state index in [0.717, 1.165) is 38.8 Å². The summed E-state index contributed by atoms with van der Waals surface area (Å²) in [6, 6.07) is 0.503. The Bertz CT molecular complexity index is 425. The van der Waals surface area contributed by atoms with Crippen LogP contribution in [0.2, 0.25) is 0 Å². The Balaban J connectivity index is 0.000000211. The lowest BCUT2D eigenvalue weighted by molar-refractivity contribution is -0.129. The largest absolute Gasteiger partial charge is 0.343 e. The minimum atomic E-state index is -2.97. The third-order valence-electron chi connectivity index (χ3n) is 3.95. The summed E-state index contributed by atoms with van der Waals surface area (Å²) in [6.45, 7) is 4.46. The molecule has 0 saturated carbocycles. The predicted molar refractivity (Wildman–Crippen MR) is 83.1 cm³/mol. The van der Waals surface area contributed by atoms with Crippen molar-refractivity contribution in [2.24, 2.45) is 11.5 Å². The fraction of sp³-hybridized carbons (Fsp3) is 0.923. The van der Waals surface area contributed by atoms with E-state index in [0.29, 0.717) is 19.1 Å². The zero-order chi connectivity index (χ0) is 16.0. The second kappa shape index (κ2) is 8.07. The van der Waals surface area contributed by atoms with Crippen LogP contribution >= 0.6 is 0 Å². The molecule has 0 bridgehead atoms. The Morgan fingerprint density at radius 3 is 1.67 bits per heavy atom. The molecule has 124 valence electrons. The van der Waals surface area contributed by atoms with Gasteiger partial charge in [-0.25, -0.2) is 12.7 Å². The average Bonchev–Trinajstić information content (AvgIpc) is 2.39. The molecule has 2 saturated heterocycles. The Kier molecular flexibility index (Phi) is 7.05. The van der Waals surface area contributed by atoms with E-state index in [9.17, 15) is 13.2 Å². The van der Waals surface area contributed by atoms with E-state index in [1.807, 2.05) is 4.90 Å². The molecule has 0 radical (unpaired) electrons. The van der Waals surface area contributed by atoms with Gasteiger partial charge in [0, 0.05) is 45.2 Å². The van der Waals surface area contributed by atoms with Crippen LogP contribution in [0.25, 0.3) is 0 Å². The molecule has 2 heterocycles.